The molecule has 0 aliphatic carbocycles. The molecule has 1 N–H and O–H groups in total. The number of nitrogens with zero attached hydrogens (tertiary/aromatic N) is 1. The molecule has 0 saturated carbocycles. The number of hydrogen-bond acceptors (Lipinski definition) is 6. The first-order valence-corrected chi connectivity index (χ1v) is 8.20. The summed E-state index contributed by atoms with van der Waals surface area (Å²) in [6.07, 6.45) is -1.27. The SMILES string of the molecule is C[C@H](OC(=O)CCC(=O)Nc1ccc([N+](=O)[O-])cc1)C(=O)c1ccccc1. The molecule has 0 unspecified atom stereocenters. The van der Waals surface area contributed by atoms with Crippen LogP contribution in [0.1, 0.15) is 30.1 Å². The van der Waals surface area contributed by atoms with Crippen LogP contribution in [0.3, 0.4) is 0 Å². The minimum Gasteiger partial charge on any atom is -0.454 e. The van der Waals surface area contributed by atoms with Crippen molar-refractivity contribution in [2.45, 2.75) is 25.9 Å². The van der Waals surface area contributed by atoms with E-state index >= 15 is 0 Å². The van der Waals surface area contributed by atoms with Crippen LogP contribution < -0.4 is 5.32 Å². The van der Waals surface area contributed by atoms with Gasteiger partial charge in [-0.3, -0.25) is 24.5 Å². The number of anilines is 1. The predicted molar refractivity (Wildman–Crippen MR) is 97.3 cm³/mol. The number of nitrogens with one attached hydrogen (secondary N) is 1. The standard InChI is InChI=1S/C19H18N2O6/c1-13(19(24)14-5-3-2-4-6-14)27-18(23)12-11-17(22)20-15-7-9-16(10-8-15)21(25)26/h2-10,13H,11-12H2,1H3,(H,20,22)/t13-/m0/s1. The van der Waals surface area contributed by atoms with Crippen LogP contribution in [0, 0.1) is 10.1 Å². The van der Waals surface area contributed by atoms with Crippen LogP contribution in [0.5, 0.6) is 0 Å². The van der Waals surface area contributed by atoms with Gasteiger partial charge >= 0.3 is 5.97 Å². The van der Waals surface area contributed by atoms with Gasteiger partial charge in [0.15, 0.2) is 6.10 Å². The predicted octanol–water partition coefficient (Wildman–Crippen LogP) is 3.13. The van der Waals surface area contributed by atoms with Gasteiger partial charge in [0, 0.05) is 29.8 Å². The lowest BCUT2D eigenvalue weighted by atomic mass is 10.1. The first-order chi connectivity index (χ1) is 12.9. The van der Waals surface area contributed by atoms with E-state index in [0.29, 0.717) is 11.3 Å². The van der Waals surface area contributed by atoms with Gasteiger partial charge in [0.2, 0.25) is 11.7 Å². The summed E-state index contributed by atoms with van der Waals surface area (Å²) in [6, 6.07) is 13.8. The van der Waals surface area contributed by atoms with Crippen LogP contribution >= 0.6 is 0 Å². The zero-order chi connectivity index (χ0) is 19.8. The Morgan fingerprint density at radius 1 is 1.04 bits per heavy atom. The number of carbonyl (C=O) groups is 3. The molecule has 0 aromatic heterocycles. The number of rotatable bonds is 8. The summed E-state index contributed by atoms with van der Waals surface area (Å²) in [4.78, 5) is 45.9. The molecule has 0 aliphatic heterocycles. The van der Waals surface area contributed by atoms with Crippen molar-refractivity contribution in [1.29, 1.82) is 0 Å². The second kappa shape index (κ2) is 9.23. The molecule has 0 aliphatic rings. The molecule has 8 nitrogen and oxygen atoms in total. The molecule has 0 heterocycles. The van der Waals surface area contributed by atoms with Crippen molar-refractivity contribution in [2.24, 2.45) is 0 Å². The highest BCUT2D eigenvalue weighted by atomic mass is 16.6. The molecular weight excluding hydrogens is 352 g/mol. The zero-order valence-electron chi connectivity index (χ0n) is 14.6. The van der Waals surface area contributed by atoms with Crippen molar-refractivity contribution in [1.82, 2.24) is 0 Å². The first kappa shape index (κ1) is 19.8. The summed E-state index contributed by atoms with van der Waals surface area (Å²) in [5.41, 5.74) is 0.731. The average molecular weight is 370 g/mol. The van der Waals surface area contributed by atoms with Crippen molar-refractivity contribution in [3.05, 3.63) is 70.3 Å². The monoisotopic (exact) mass is 370 g/mol. The Bertz CT molecular complexity index is 833. The summed E-state index contributed by atoms with van der Waals surface area (Å²) >= 11 is 0. The van der Waals surface area contributed by atoms with Gasteiger partial charge < -0.3 is 10.1 Å². The van der Waals surface area contributed by atoms with Crippen LogP contribution in [0.4, 0.5) is 11.4 Å². The fourth-order valence-corrected chi connectivity index (χ4v) is 2.25. The number of carbonyl (C=O) groups excluding carboxylic acids is 3. The topological polar surface area (TPSA) is 116 Å². The third-order valence-electron chi connectivity index (χ3n) is 3.65. The molecule has 140 valence electrons. The van der Waals surface area contributed by atoms with Crippen molar-refractivity contribution in [3.63, 3.8) is 0 Å². The van der Waals surface area contributed by atoms with Gasteiger partial charge in [-0.15, -0.1) is 0 Å². The number of non-ortho nitro benzene ring substituents is 1. The molecule has 0 spiro atoms. The number of benzene rings is 2. The number of nitro groups is 1. The minimum absolute atomic E-state index is 0.0892. The molecule has 0 fully saturated rings. The van der Waals surface area contributed by atoms with Gasteiger partial charge in [0.1, 0.15) is 0 Å². The Kier molecular flexibility index (Phi) is 6.76. The minimum atomic E-state index is -0.947. The van der Waals surface area contributed by atoms with Crippen molar-refractivity contribution < 1.29 is 24.0 Å². The molecule has 2 aromatic carbocycles. The van der Waals surface area contributed by atoms with E-state index in [1.807, 2.05) is 0 Å². The van der Waals surface area contributed by atoms with Crippen LogP contribution in [-0.4, -0.2) is 28.7 Å². The van der Waals surface area contributed by atoms with E-state index in [1.54, 1.807) is 30.3 Å². The lowest BCUT2D eigenvalue weighted by Gasteiger charge is -2.12. The van der Waals surface area contributed by atoms with Crippen molar-refractivity contribution >= 4 is 29.0 Å². The van der Waals surface area contributed by atoms with E-state index in [9.17, 15) is 24.5 Å². The normalized spacial score (nSPS) is 11.3. The fourth-order valence-electron chi connectivity index (χ4n) is 2.25. The van der Waals surface area contributed by atoms with Crippen LogP contribution in [0.25, 0.3) is 0 Å². The highest BCUT2D eigenvalue weighted by Crippen LogP contribution is 2.16. The first-order valence-electron chi connectivity index (χ1n) is 8.20. The number of nitro benzene ring substituents is 1. The van der Waals surface area contributed by atoms with Crippen LogP contribution in [0.15, 0.2) is 54.6 Å². The van der Waals surface area contributed by atoms with Gasteiger partial charge in [-0.1, -0.05) is 30.3 Å². The number of hydrogen-bond donors (Lipinski definition) is 1. The van der Waals surface area contributed by atoms with Crippen molar-refractivity contribution in [2.75, 3.05) is 5.32 Å². The molecular formula is C19H18N2O6. The Balaban J connectivity index is 1.78. The van der Waals surface area contributed by atoms with Gasteiger partial charge in [-0.25, -0.2) is 0 Å². The molecule has 2 aromatic rings. The number of ketones is 1. The Hall–Kier alpha value is -3.55. The maximum absolute atomic E-state index is 12.1. The number of Topliss-reactive ketones (excluding diaryl/α,β-unsaturated/α-hetero) is 1. The van der Waals surface area contributed by atoms with Crippen LogP contribution in [0.2, 0.25) is 0 Å². The van der Waals surface area contributed by atoms with E-state index in [4.69, 9.17) is 4.74 Å². The van der Waals surface area contributed by atoms with E-state index in [0.717, 1.165) is 0 Å². The largest absolute Gasteiger partial charge is 0.454 e. The third-order valence-corrected chi connectivity index (χ3v) is 3.65. The van der Waals surface area contributed by atoms with Gasteiger partial charge in [0.05, 0.1) is 11.3 Å². The lowest BCUT2D eigenvalue weighted by molar-refractivity contribution is -0.384. The van der Waals surface area contributed by atoms with E-state index in [-0.39, 0.29) is 24.3 Å². The molecule has 0 radical (unpaired) electrons. The number of ether oxygens (including phenoxy) is 1. The van der Waals surface area contributed by atoms with Crippen LogP contribution in [-0.2, 0) is 14.3 Å². The van der Waals surface area contributed by atoms with E-state index in [2.05, 4.69) is 5.32 Å². The van der Waals surface area contributed by atoms with E-state index < -0.39 is 22.9 Å². The summed E-state index contributed by atoms with van der Waals surface area (Å²) in [5, 5.41) is 13.1. The second-order valence-corrected chi connectivity index (χ2v) is 5.71. The highest BCUT2D eigenvalue weighted by molar-refractivity contribution is 6.00. The third kappa shape index (κ3) is 6.03. The summed E-state index contributed by atoms with van der Waals surface area (Å²) < 4.78 is 5.07. The Morgan fingerprint density at radius 3 is 2.26 bits per heavy atom. The summed E-state index contributed by atoms with van der Waals surface area (Å²) in [6.45, 7) is 1.48. The fraction of sp³-hybridized carbons (Fsp3) is 0.211. The van der Waals surface area contributed by atoms with Gasteiger partial charge in [-0.2, -0.15) is 0 Å². The summed E-state index contributed by atoms with van der Waals surface area (Å²) in [7, 11) is 0. The molecule has 0 saturated heterocycles. The lowest BCUT2D eigenvalue weighted by Crippen LogP contribution is -2.25. The van der Waals surface area contributed by atoms with Gasteiger partial charge in [0.25, 0.3) is 5.69 Å². The molecule has 0 bridgehead atoms. The maximum atomic E-state index is 12.1. The zero-order valence-corrected chi connectivity index (χ0v) is 14.6. The Labute approximate surface area is 155 Å². The Morgan fingerprint density at radius 2 is 1.67 bits per heavy atom. The summed E-state index contributed by atoms with van der Waals surface area (Å²) in [5.74, 6) is -1.42. The number of amides is 1. The smallest absolute Gasteiger partial charge is 0.307 e. The highest BCUT2D eigenvalue weighted by Gasteiger charge is 2.19. The van der Waals surface area contributed by atoms with E-state index in [1.165, 1.54) is 31.2 Å². The van der Waals surface area contributed by atoms with Crippen molar-refractivity contribution in [3.8, 4) is 0 Å². The molecule has 2 rings (SSSR count). The molecule has 1 amide bonds. The maximum Gasteiger partial charge on any atom is 0.307 e. The number of esters is 1. The van der Waals surface area contributed by atoms with Gasteiger partial charge in [-0.05, 0) is 19.1 Å². The average Bonchev–Trinajstić information content (AvgIpc) is 2.67. The molecule has 8 heteroatoms. The molecule has 1 atom stereocenters. The molecule has 27 heavy (non-hydrogen) atoms. The quantitative estimate of drug-likeness (QED) is 0.330. The second-order valence-electron chi connectivity index (χ2n) is 5.71.